The summed E-state index contributed by atoms with van der Waals surface area (Å²) in [5.74, 6) is -1.21. The van der Waals surface area contributed by atoms with Crippen LogP contribution in [-0.2, 0) is 14.8 Å². The first-order valence-electron chi connectivity index (χ1n) is 6.29. The van der Waals surface area contributed by atoms with E-state index in [9.17, 15) is 13.2 Å². The average molecular weight is 277 g/mol. The van der Waals surface area contributed by atoms with Gasteiger partial charge in [0, 0.05) is 6.54 Å². The molecule has 0 aromatic rings. The zero-order chi connectivity index (χ0) is 14.0. The minimum Gasteiger partial charge on any atom is -0.481 e. The highest BCUT2D eigenvalue weighted by Gasteiger charge is 2.30. The van der Waals surface area contributed by atoms with Gasteiger partial charge in [-0.2, -0.15) is 0 Å². The van der Waals surface area contributed by atoms with E-state index in [1.165, 1.54) is 0 Å². The van der Waals surface area contributed by atoms with Gasteiger partial charge in [-0.3, -0.25) is 4.79 Å². The molecular formula is C12H23NO4S. The lowest BCUT2D eigenvalue weighted by Gasteiger charge is -2.23. The van der Waals surface area contributed by atoms with Crippen molar-refractivity contribution in [1.29, 1.82) is 0 Å². The Morgan fingerprint density at radius 1 is 1.39 bits per heavy atom. The molecule has 1 saturated carbocycles. The van der Waals surface area contributed by atoms with Crippen molar-refractivity contribution in [3.05, 3.63) is 0 Å². The number of carboxylic acids is 1. The van der Waals surface area contributed by atoms with E-state index in [0.717, 1.165) is 12.8 Å². The highest BCUT2D eigenvalue weighted by Crippen LogP contribution is 2.30. The van der Waals surface area contributed by atoms with E-state index in [1.807, 2.05) is 20.8 Å². The molecule has 1 unspecified atom stereocenters. The number of aliphatic carboxylic acids is 1. The van der Waals surface area contributed by atoms with Gasteiger partial charge in [0.2, 0.25) is 10.0 Å². The van der Waals surface area contributed by atoms with Gasteiger partial charge in [-0.25, -0.2) is 13.1 Å². The van der Waals surface area contributed by atoms with Crippen molar-refractivity contribution in [2.75, 3.05) is 12.3 Å². The molecule has 1 fully saturated rings. The zero-order valence-electron chi connectivity index (χ0n) is 11.3. The molecule has 5 nitrogen and oxygen atoms in total. The number of rotatable bonds is 7. The molecule has 6 heteroatoms. The number of carbonyl (C=O) groups is 1. The summed E-state index contributed by atoms with van der Waals surface area (Å²) in [4.78, 5) is 11.1. The van der Waals surface area contributed by atoms with Crippen molar-refractivity contribution >= 4 is 16.0 Å². The Labute approximate surface area is 109 Å². The molecule has 1 aliphatic rings. The Morgan fingerprint density at radius 3 is 2.33 bits per heavy atom. The summed E-state index contributed by atoms with van der Waals surface area (Å²) in [6, 6.07) is 0. The van der Waals surface area contributed by atoms with Crippen LogP contribution in [0.4, 0.5) is 0 Å². The lowest BCUT2D eigenvalue weighted by molar-refractivity contribution is -0.142. The second kappa shape index (κ2) is 5.57. The topological polar surface area (TPSA) is 83.5 Å². The number of nitrogens with one attached hydrogen (secondary N) is 1. The van der Waals surface area contributed by atoms with Gasteiger partial charge >= 0.3 is 5.97 Å². The summed E-state index contributed by atoms with van der Waals surface area (Å²) in [6.07, 6.45) is 2.38. The third kappa shape index (κ3) is 6.35. The maximum Gasteiger partial charge on any atom is 0.307 e. The average Bonchev–Trinajstić information content (AvgIpc) is 2.93. The summed E-state index contributed by atoms with van der Waals surface area (Å²) >= 11 is 0. The Bertz CT molecular complexity index is 393. The molecule has 0 amide bonds. The SMILES string of the molecule is CC(C)(C)CC(CNS(=O)(=O)CC1CC1)C(=O)O. The lowest BCUT2D eigenvalue weighted by atomic mass is 9.85. The predicted octanol–water partition coefficient (Wildman–Crippen LogP) is 1.45. The Morgan fingerprint density at radius 2 is 1.94 bits per heavy atom. The molecule has 0 radical (unpaired) electrons. The maximum atomic E-state index is 11.7. The number of hydrogen-bond donors (Lipinski definition) is 2. The summed E-state index contributed by atoms with van der Waals surface area (Å²) in [5.41, 5.74) is -0.134. The van der Waals surface area contributed by atoms with Gasteiger partial charge in [-0.15, -0.1) is 0 Å². The van der Waals surface area contributed by atoms with Gasteiger partial charge in [-0.1, -0.05) is 20.8 Å². The fraction of sp³-hybridized carbons (Fsp3) is 0.917. The van der Waals surface area contributed by atoms with Gasteiger partial charge in [0.15, 0.2) is 0 Å². The molecule has 2 N–H and O–H groups in total. The predicted molar refractivity (Wildman–Crippen MR) is 69.7 cm³/mol. The van der Waals surface area contributed by atoms with Crippen LogP contribution < -0.4 is 4.72 Å². The first-order chi connectivity index (χ1) is 8.09. The van der Waals surface area contributed by atoms with Crippen LogP contribution >= 0.6 is 0 Å². The number of carboxylic acid groups (broad SMARTS) is 1. The molecule has 1 atom stereocenters. The van der Waals surface area contributed by atoms with E-state index < -0.39 is 21.9 Å². The van der Waals surface area contributed by atoms with Gasteiger partial charge < -0.3 is 5.11 Å². The third-order valence-electron chi connectivity index (χ3n) is 2.91. The van der Waals surface area contributed by atoms with Crippen molar-refractivity contribution in [3.63, 3.8) is 0 Å². The van der Waals surface area contributed by atoms with Crippen LogP contribution in [0.15, 0.2) is 0 Å². The van der Waals surface area contributed by atoms with Crippen molar-refractivity contribution in [2.45, 2.75) is 40.0 Å². The summed E-state index contributed by atoms with van der Waals surface area (Å²) in [7, 11) is -3.32. The van der Waals surface area contributed by atoms with Crippen LogP contribution in [0.2, 0.25) is 0 Å². The maximum absolute atomic E-state index is 11.7. The second-order valence-electron chi connectivity index (χ2n) is 6.37. The first-order valence-corrected chi connectivity index (χ1v) is 7.94. The molecular weight excluding hydrogens is 254 g/mol. The molecule has 0 aromatic carbocycles. The van der Waals surface area contributed by atoms with E-state index in [1.54, 1.807) is 0 Å². The van der Waals surface area contributed by atoms with Crippen LogP contribution in [0.3, 0.4) is 0 Å². The van der Waals surface area contributed by atoms with Crippen LogP contribution in [0.1, 0.15) is 40.0 Å². The summed E-state index contributed by atoms with van der Waals surface area (Å²) in [5, 5.41) is 9.09. The van der Waals surface area contributed by atoms with E-state index in [0.29, 0.717) is 6.42 Å². The van der Waals surface area contributed by atoms with Crippen molar-refractivity contribution in [1.82, 2.24) is 4.72 Å². The molecule has 18 heavy (non-hydrogen) atoms. The van der Waals surface area contributed by atoms with Crippen LogP contribution in [-0.4, -0.2) is 31.8 Å². The Kier molecular flexibility index (Phi) is 4.78. The van der Waals surface area contributed by atoms with E-state index in [-0.39, 0.29) is 23.6 Å². The van der Waals surface area contributed by atoms with E-state index >= 15 is 0 Å². The van der Waals surface area contributed by atoms with Crippen LogP contribution in [0.5, 0.6) is 0 Å². The largest absolute Gasteiger partial charge is 0.481 e. The van der Waals surface area contributed by atoms with Gasteiger partial charge in [0.05, 0.1) is 11.7 Å². The minimum absolute atomic E-state index is 0.0122. The summed E-state index contributed by atoms with van der Waals surface area (Å²) < 4.78 is 25.8. The highest BCUT2D eigenvalue weighted by atomic mass is 32.2. The fourth-order valence-corrected chi connectivity index (χ4v) is 3.39. The van der Waals surface area contributed by atoms with Gasteiger partial charge in [0.25, 0.3) is 0 Å². The van der Waals surface area contributed by atoms with E-state index in [4.69, 9.17) is 5.11 Å². The fourth-order valence-electron chi connectivity index (χ4n) is 1.87. The zero-order valence-corrected chi connectivity index (χ0v) is 12.1. The van der Waals surface area contributed by atoms with Crippen molar-refractivity contribution in [2.24, 2.45) is 17.3 Å². The molecule has 0 saturated heterocycles. The van der Waals surface area contributed by atoms with Gasteiger partial charge in [-0.05, 0) is 30.6 Å². The molecule has 1 rings (SSSR count). The Balaban J connectivity index is 2.48. The monoisotopic (exact) mass is 277 g/mol. The van der Waals surface area contributed by atoms with Crippen molar-refractivity contribution < 1.29 is 18.3 Å². The quantitative estimate of drug-likeness (QED) is 0.738. The van der Waals surface area contributed by atoms with Gasteiger partial charge in [0.1, 0.15) is 0 Å². The summed E-state index contributed by atoms with van der Waals surface area (Å²) in [6.45, 7) is 5.83. The Hall–Kier alpha value is -0.620. The molecule has 0 aromatic heterocycles. The third-order valence-corrected chi connectivity index (χ3v) is 4.43. The number of hydrogen-bond acceptors (Lipinski definition) is 3. The van der Waals surface area contributed by atoms with Crippen LogP contribution in [0, 0.1) is 17.3 Å². The first kappa shape index (κ1) is 15.4. The molecule has 0 heterocycles. The molecule has 1 aliphatic carbocycles. The minimum atomic E-state index is -3.32. The number of sulfonamides is 1. The molecule has 0 spiro atoms. The standard InChI is InChI=1S/C12H23NO4S/c1-12(2,3)6-10(11(14)15)7-13-18(16,17)8-9-4-5-9/h9-10,13H,4-8H2,1-3H3,(H,14,15). The highest BCUT2D eigenvalue weighted by molar-refractivity contribution is 7.89. The molecule has 0 bridgehead atoms. The molecule has 106 valence electrons. The van der Waals surface area contributed by atoms with Crippen molar-refractivity contribution in [3.8, 4) is 0 Å². The smallest absolute Gasteiger partial charge is 0.307 e. The normalized spacial score (nSPS) is 18.6. The van der Waals surface area contributed by atoms with Crippen LogP contribution in [0.25, 0.3) is 0 Å². The second-order valence-corrected chi connectivity index (χ2v) is 8.22. The van der Waals surface area contributed by atoms with E-state index in [2.05, 4.69) is 4.72 Å². The lowest BCUT2D eigenvalue weighted by Crippen LogP contribution is -2.36. The molecule has 0 aliphatic heterocycles.